The van der Waals surface area contributed by atoms with Crippen molar-refractivity contribution in [2.45, 2.75) is 45.8 Å². The van der Waals surface area contributed by atoms with Crippen molar-refractivity contribution in [1.29, 1.82) is 0 Å². The van der Waals surface area contributed by atoms with Crippen molar-refractivity contribution < 1.29 is 9.53 Å². The van der Waals surface area contributed by atoms with Crippen molar-refractivity contribution in [3.05, 3.63) is 42.0 Å². The Morgan fingerprint density at radius 1 is 1.36 bits per heavy atom. The first-order chi connectivity index (χ1) is 12.2. The summed E-state index contributed by atoms with van der Waals surface area (Å²) in [6.45, 7) is 6.23. The van der Waals surface area contributed by atoms with Crippen LogP contribution in [0.1, 0.15) is 30.6 Å². The molecule has 25 heavy (non-hydrogen) atoms. The Balaban J connectivity index is 1.52. The van der Waals surface area contributed by atoms with E-state index >= 15 is 0 Å². The fourth-order valence-corrected chi connectivity index (χ4v) is 3.12. The molecule has 1 unspecified atom stereocenters. The predicted octanol–water partition coefficient (Wildman–Crippen LogP) is 1.40. The highest BCUT2D eigenvalue weighted by molar-refractivity contribution is 5.76. The number of carbonyl (C=O) groups is 1. The van der Waals surface area contributed by atoms with E-state index in [0.717, 1.165) is 36.5 Å². The van der Waals surface area contributed by atoms with Crippen LogP contribution in [0.2, 0.25) is 0 Å². The van der Waals surface area contributed by atoms with Gasteiger partial charge >= 0.3 is 0 Å². The van der Waals surface area contributed by atoms with Crippen LogP contribution in [0.4, 0.5) is 0 Å². The fraction of sp³-hybridized carbons (Fsp3) is 0.556. The Labute approximate surface area is 148 Å². The first kappa shape index (κ1) is 17.5. The summed E-state index contributed by atoms with van der Waals surface area (Å²) in [6.07, 6.45) is 7.78. The standard InChI is InChI=1S/C18H25N5O2/c1-3-17-19-6-7-22(17)12-18(24)23-8-9-25-16(11-23)5-4-15-10-14(2)20-13-21-15/h6-7,10,13,16H,3-5,8-9,11-12H2,1-2H3. The third-order valence-corrected chi connectivity index (χ3v) is 4.50. The number of morpholine rings is 1. The van der Waals surface area contributed by atoms with Gasteiger partial charge in [0.05, 0.1) is 12.7 Å². The quantitative estimate of drug-likeness (QED) is 0.793. The zero-order valence-electron chi connectivity index (χ0n) is 14.9. The summed E-state index contributed by atoms with van der Waals surface area (Å²) in [5, 5.41) is 0. The number of nitrogens with zero attached hydrogens (tertiary/aromatic N) is 5. The lowest BCUT2D eigenvalue weighted by Gasteiger charge is -2.33. The number of hydrogen-bond donors (Lipinski definition) is 0. The zero-order valence-corrected chi connectivity index (χ0v) is 14.9. The van der Waals surface area contributed by atoms with Gasteiger partial charge in [0.15, 0.2) is 0 Å². The van der Waals surface area contributed by atoms with E-state index in [1.807, 2.05) is 35.6 Å². The van der Waals surface area contributed by atoms with Gasteiger partial charge in [0.2, 0.25) is 5.91 Å². The average molecular weight is 343 g/mol. The number of amides is 1. The molecular weight excluding hydrogens is 318 g/mol. The number of carbonyl (C=O) groups excluding carboxylic acids is 1. The Morgan fingerprint density at radius 2 is 2.24 bits per heavy atom. The summed E-state index contributed by atoms with van der Waals surface area (Å²) in [5.41, 5.74) is 1.99. The van der Waals surface area contributed by atoms with E-state index in [0.29, 0.717) is 26.2 Å². The topological polar surface area (TPSA) is 73.1 Å². The molecule has 0 bridgehead atoms. The molecule has 0 saturated carbocycles. The Hall–Kier alpha value is -2.28. The Morgan fingerprint density at radius 3 is 3.04 bits per heavy atom. The largest absolute Gasteiger partial charge is 0.375 e. The SMILES string of the molecule is CCc1nccn1CC(=O)N1CCOC(CCc2cc(C)ncn2)C1. The van der Waals surface area contributed by atoms with Crippen molar-refractivity contribution in [1.82, 2.24) is 24.4 Å². The highest BCUT2D eigenvalue weighted by atomic mass is 16.5. The van der Waals surface area contributed by atoms with Gasteiger partial charge in [-0.25, -0.2) is 15.0 Å². The summed E-state index contributed by atoms with van der Waals surface area (Å²) in [5.74, 6) is 1.07. The molecule has 7 heteroatoms. The van der Waals surface area contributed by atoms with Crippen molar-refractivity contribution in [3.63, 3.8) is 0 Å². The van der Waals surface area contributed by atoms with Gasteiger partial charge in [-0.05, 0) is 25.8 Å². The van der Waals surface area contributed by atoms with Crippen LogP contribution >= 0.6 is 0 Å². The molecule has 1 saturated heterocycles. The molecule has 1 amide bonds. The molecule has 3 heterocycles. The van der Waals surface area contributed by atoms with E-state index in [9.17, 15) is 4.79 Å². The van der Waals surface area contributed by atoms with Crippen LogP contribution in [0, 0.1) is 6.92 Å². The molecule has 1 atom stereocenters. The molecule has 0 aliphatic carbocycles. The number of imidazole rings is 1. The van der Waals surface area contributed by atoms with Gasteiger partial charge in [0, 0.05) is 43.3 Å². The van der Waals surface area contributed by atoms with Gasteiger partial charge in [-0.15, -0.1) is 0 Å². The van der Waals surface area contributed by atoms with Crippen LogP contribution in [-0.2, 0) is 28.9 Å². The smallest absolute Gasteiger partial charge is 0.242 e. The molecule has 0 spiro atoms. The molecule has 1 fully saturated rings. The highest BCUT2D eigenvalue weighted by Gasteiger charge is 2.24. The second-order valence-electron chi connectivity index (χ2n) is 6.35. The molecule has 2 aromatic heterocycles. The molecule has 7 nitrogen and oxygen atoms in total. The van der Waals surface area contributed by atoms with E-state index in [4.69, 9.17) is 4.74 Å². The Kier molecular flexibility index (Phi) is 5.75. The third-order valence-electron chi connectivity index (χ3n) is 4.50. The zero-order chi connectivity index (χ0) is 17.6. The van der Waals surface area contributed by atoms with Crippen LogP contribution in [-0.4, -0.2) is 56.1 Å². The minimum atomic E-state index is 0.0569. The number of aryl methyl sites for hydroxylation is 3. The van der Waals surface area contributed by atoms with Crippen molar-refractivity contribution in [2.24, 2.45) is 0 Å². The van der Waals surface area contributed by atoms with Gasteiger partial charge in [0.1, 0.15) is 18.7 Å². The third kappa shape index (κ3) is 4.63. The van der Waals surface area contributed by atoms with E-state index in [2.05, 4.69) is 15.0 Å². The maximum atomic E-state index is 12.6. The number of aromatic nitrogens is 4. The fourth-order valence-electron chi connectivity index (χ4n) is 3.12. The maximum absolute atomic E-state index is 12.6. The summed E-state index contributed by atoms with van der Waals surface area (Å²) >= 11 is 0. The van der Waals surface area contributed by atoms with Crippen LogP contribution in [0.3, 0.4) is 0 Å². The summed E-state index contributed by atoms with van der Waals surface area (Å²) < 4.78 is 7.76. The predicted molar refractivity (Wildman–Crippen MR) is 93.0 cm³/mol. The van der Waals surface area contributed by atoms with Gasteiger partial charge in [-0.3, -0.25) is 4.79 Å². The molecule has 3 rings (SSSR count). The van der Waals surface area contributed by atoms with E-state index < -0.39 is 0 Å². The molecule has 0 radical (unpaired) electrons. The van der Waals surface area contributed by atoms with Crippen LogP contribution < -0.4 is 0 Å². The minimum absolute atomic E-state index is 0.0569. The van der Waals surface area contributed by atoms with E-state index in [1.54, 1.807) is 12.5 Å². The van der Waals surface area contributed by atoms with E-state index in [-0.39, 0.29) is 12.0 Å². The number of ether oxygens (including phenoxy) is 1. The molecule has 1 aliphatic rings. The lowest BCUT2D eigenvalue weighted by molar-refractivity contribution is -0.139. The van der Waals surface area contributed by atoms with Crippen LogP contribution in [0.15, 0.2) is 24.8 Å². The lowest BCUT2D eigenvalue weighted by atomic mass is 10.1. The number of hydrogen-bond acceptors (Lipinski definition) is 5. The first-order valence-corrected chi connectivity index (χ1v) is 8.82. The summed E-state index contributed by atoms with van der Waals surface area (Å²) in [4.78, 5) is 27.2. The molecule has 2 aromatic rings. The molecule has 0 N–H and O–H groups in total. The van der Waals surface area contributed by atoms with Crippen LogP contribution in [0.5, 0.6) is 0 Å². The van der Waals surface area contributed by atoms with Crippen molar-refractivity contribution in [3.8, 4) is 0 Å². The van der Waals surface area contributed by atoms with Gasteiger partial charge in [-0.1, -0.05) is 6.92 Å². The molecule has 1 aliphatic heterocycles. The lowest BCUT2D eigenvalue weighted by Crippen LogP contribution is -2.47. The monoisotopic (exact) mass is 343 g/mol. The summed E-state index contributed by atoms with van der Waals surface area (Å²) in [7, 11) is 0. The molecular formula is C18H25N5O2. The van der Waals surface area contributed by atoms with E-state index in [1.165, 1.54) is 0 Å². The van der Waals surface area contributed by atoms with Crippen molar-refractivity contribution >= 4 is 5.91 Å². The van der Waals surface area contributed by atoms with Crippen LogP contribution in [0.25, 0.3) is 0 Å². The Bertz CT molecular complexity index is 715. The second kappa shape index (κ2) is 8.20. The summed E-state index contributed by atoms with van der Waals surface area (Å²) in [6, 6.07) is 2.00. The maximum Gasteiger partial charge on any atom is 0.242 e. The molecule has 0 aromatic carbocycles. The van der Waals surface area contributed by atoms with Gasteiger partial charge in [0.25, 0.3) is 0 Å². The van der Waals surface area contributed by atoms with Crippen molar-refractivity contribution in [2.75, 3.05) is 19.7 Å². The minimum Gasteiger partial charge on any atom is -0.375 e. The highest BCUT2D eigenvalue weighted by Crippen LogP contribution is 2.13. The van der Waals surface area contributed by atoms with Gasteiger partial charge in [-0.2, -0.15) is 0 Å². The first-order valence-electron chi connectivity index (χ1n) is 8.82. The number of rotatable bonds is 6. The molecule has 134 valence electrons. The van der Waals surface area contributed by atoms with Gasteiger partial charge < -0.3 is 14.2 Å². The normalized spacial score (nSPS) is 17.7. The average Bonchev–Trinajstić information content (AvgIpc) is 3.07. The second-order valence-corrected chi connectivity index (χ2v) is 6.35.